The van der Waals surface area contributed by atoms with Gasteiger partial charge in [0.05, 0.1) is 24.2 Å². The van der Waals surface area contributed by atoms with E-state index in [0.717, 1.165) is 34.0 Å². The summed E-state index contributed by atoms with van der Waals surface area (Å²) in [6, 6.07) is 4.09. The molecule has 0 spiro atoms. The van der Waals surface area contributed by atoms with Crippen LogP contribution in [0.4, 0.5) is 0 Å². The molecule has 0 fully saturated rings. The first-order valence-corrected chi connectivity index (χ1v) is 8.27. The van der Waals surface area contributed by atoms with E-state index in [1.807, 2.05) is 26.8 Å². The van der Waals surface area contributed by atoms with Crippen LogP contribution in [0.3, 0.4) is 0 Å². The molecule has 22 heavy (non-hydrogen) atoms. The van der Waals surface area contributed by atoms with Crippen LogP contribution in [0.5, 0.6) is 0 Å². The predicted octanol–water partition coefficient (Wildman–Crippen LogP) is 5.48. The number of ether oxygens (including phenoxy) is 1. The Morgan fingerprint density at radius 2 is 2.09 bits per heavy atom. The number of hydrogen-bond acceptors (Lipinski definition) is 3. The van der Waals surface area contributed by atoms with Crippen molar-refractivity contribution >= 4 is 45.8 Å². The summed E-state index contributed by atoms with van der Waals surface area (Å²) in [6.07, 6.45) is 1.53. The molecule has 0 aromatic heterocycles. The largest absolute Gasteiger partial charge is 0.481 e. The van der Waals surface area contributed by atoms with Crippen LogP contribution in [0.1, 0.15) is 47.9 Å². The molecule has 0 saturated carbocycles. The van der Waals surface area contributed by atoms with E-state index in [0.29, 0.717) is 18.1 Å². The minimum atomic E-state index is -0.176. The number of halogens is 3. The zero-order valence-electron chi connectivity index (χ0n) is 13.0. The lowest BCUT2D eigenvalue weighted by molar-refractivity contribution is 0.305. The summed E-state index contributed by atoms with van der Waals surface area (Å²) in [4.78, 5) is 0. The molecule has 0 aliphatic heterocycles. The van der Waals surface area contributed by atoms with Gasteiger partial charge in [-0.05, 0) is 56.4 Å². The van der Waals surface area contributed by atoms with E-state index in [9.17, 15) is 5.26 Å². The van der Waals surface area contributed by atoms with Crippen molar-refractivity contribution in [2.45, 2.75) is 39.5 Å². The quantitative estimate of drug-likeness (QED) is 0.385. The summed E-state index contributed by atoms with van der Waals surface area (Å²) >= 11 is 9.41. The van der Waals surface area contributed by atoms with Gasteiger partial charge >= 0.3 is 0 Å². The minimum absolute atomic E-state index is 0. The maximum atomic E-state index is 9.29. The molecular formula is C16H21BrCl2N2O. The third-order valence-electron chi connectivity index (χ3n) is 3.59. The molecule has 1 rings (SSSR count). The summed E-state index contributed by atoms with van der Waals surface area (Å²) in [5.74, 6) is 0.601. The summed E-state index contributed by atoms with van der Waals surface area (Å²) in [5, 5.41) is 17.4. The van der Waals surface area contributed by atoms with E-state index in [1.54, 1.807) is 0 Å². The van der Waals surface area contributed by atoms with Gasteiger partial charge in [0.1, 0.15) is 0 Å². The average Bonchev–Trinajstić information content (AvgIpc) is 2.47. The van der Waals surface area contributed by atoms with Gasteiger partial charge in [0.15, 0.2) is 5.90 Å². The molecule has 0 amide bonds. The standard InChI is InChI=1S/C16H20BrClN2O.ClH/c1-4-21-16(20)13(6-5-7-18)14-8-12(9-19)10(2)11(3)15(14)17;/h8,13,20H,4-7H2,1-3H3;1H. The second-order valence-electron chi connectivity index (χ2n) is 4.87. The molecule has 1 aromatic carbocycles. The van der Waals surface area contributed by atoms with Crippen molar-refractivity contribution in [1.29, 1.82) is 10.7 Å². The van der Waals surface area contributed by atoms with Gasteiger partial charge in [-0.25, -0.2) is 0 Å². The normalized spacial score (nSPS) is 11.3. The number of nitriles is 1. The highest BCUT2D eigenvalue weighted by atomic mass is 79.9. The van der Waals surface area contributed by atoms with Crippen LogP contribution in [0.15, 0.2) is 10.5 Å². The molecule has 1 atom stereocenters. The fraction of sp³-hybridized carbons (Fsp3) is 0.500. The first-order chi connectivity index (χ1) is 9.97. The van der Waals surface area contributed by atoms with Gasteiger partial charge < -0.3 is 4.74 Å². The van der Waals surface area contributed by atoms with Gasteiger partial charge in [-0.15, -0.1) is 24.0 Å². The molecule has 1 aromatic rings. The van der Waals surface area contributed by atoms with Crippen molar-refractivity contribution < 1.29 is 4.74 Å². The van der Waals surface area contributed by atoms with E-state index < -0.39 is 0 Å². The van der Waals surface area contributed by atoms with Crippen LogP contribution >= 0.6 is 39.9 Å². The SMILES string of the molecule is CCOC(=N)C(CCCCl)c1cc(C#N)c(C)c(C)c1Br.Cl. The fourth-order valence-electron chi connectivity index (χ4n) is 2.25. The fourth-order valence-corrected chi connectivity index (χ4v) is 3.09. The second-order valence-corrected chi connectivity index (χ2v) is 6.04. The zero-order chi connectivity index (χ0) is 16.0. The van der Waals surface area contributed by atoms with Crippen LogP contribution in [0.25, 0.3) is 0 Å². The number of hydrogen-bond donors (Lipinski definition) is 1. The zero-order valence-corrected chi connectivity index (χ0v) is 16.2. The van der Waals surface area contributed by atoms with E-state index in [2.05, 4.69) is 22.0 Å². The smallest absolute Gasteiger partial charge is 0.188 e. The van der Waals surface area contributed by atoms with Gasteiger partial charge in [0.25, 0.3) is 0 Å². The van der Waals surface area contributed by atoms with Gasteiger partial charge in [-0.3, -0.25) is 5.41 Å². The highest BCUT2D eigenvalue weighted by Crippen LogP contribution is 2.35. The molecule has 0 heterocycles. The molecule has 1 N–H and O–H groups in total. The number of rotatable bonds is 6. The molecule has 0 radical (unpaired) electrons. The maximum absolute atomic E-state index is 9.29. The first-order valence-electron chi connectivity index (χ1n) is 6.94. The first kappa shape index (κ1) is 21.2. The molecule has 0 saturated heterocycles. The Labute approximate surface area is 152 Å². The highest BCUT2D eigenvalue weighted by Gasteiger charge is 2.23. The van der Waals surface area contributed by atoms with Crippen LogP contribution in [0, 0.1) is 30.6 Å². The number of benzene rings is 1. The monoisotopic (exact) mass is 406 g/mol. The van der Waals surface area contributed by atoms with Crippen LogP contribution in [-0.2, 0) is 4.74 Å². The lowest BCUT2D eigenvalue weighted by atomic mass is 9.89. The lowest BCUT2D eigenvalue weighted by Crippen LogP contribution is -2.17. The third-order valence-corrected chi connectivity index (χ3v) is 4.91. The summed E-state index contributed by atoms with van der Waals surface area (Å²) < 4.78 is 6.34. The number of nitrogens with one attached hydrogen (secondary N) is 1. The van der Waals surface area contributed by atoms with E-state index >= 15 is 0 Å². The van der Waals surface area contributed by atoms with Crippen molar-refractivity contribution in [2.75, 3.05) is 12.5 Å². The van der Waals surface area contributed by atoms with E-state index in [1.165, 1.54) is 0 Å². The Morgan fingerprint density at radius 1 is 1.45 bits per heavy atom. The molecule has 0 bridgehead atoms. The molecule has 0 aliphatic carbocycles. The van der Waals surface area contributed by atoms with Crippen molar-refractivity contribution in [1.82, 2.24) is 0 Å². The van der Waals surface area contributed by atoms with Crippen molar-refractivity contribution in [3.63, 3.8) is 0 Å². The topological polar surface area (TPSA) is 56.9 Å². The van der Waals surface area contributed by atoms with E-state index in [-0.39, 0.29) is 24.2 Å². The maximum Gasteiger partial charge on any atom is 0.188 e. The van der Waals surface area contributed by atoms with Crippen molar-refractivity contribution in [2.24, 2.45) is 0 Å². The molecule has 122 valence electrons. The Bertz CT molecular complexity index is 570. The average molecular weight is 408 g/mol. The minimum Gasteiger partial charge on any atom is -0.481 e. The Morgan fingerprint density at radius 3 is 2.59 bits per heavy atom. The Balaban J connectivity index is 0.00000441. The Kier molecular flexibility index (Phi) is 9.75. The van der Waals surface area contributed by atoms with Gasteiger partial charge in [0, 0.05) is 10.4 Å². The molecular weight excluding hydrogens is 387 g/mol. The molecule has 1 unspecified atom stereocenters. The summed E-state index contributed by atoms with van der Waals surface area (Å²) in [5.41, 5.74) is 3.57. The molecule has 6 heteroatoms. The molecule has 0 aliphatic rings. The van der Waals surface area contributed by atoms with Crippen LogP contribution in [0.2, 0.25) is 0 Å². The van der Waals surface area contributed by atoms with Crippen molar-refractivity contribution in [3.05, 3.63) is 32.8 Å². The predicted molar refractivity (Wildman–Crippen MR) is 97.6 cm³/mol. The number of nitrogens with zero attached hydrogens (tertiary/aromatic N) is 1. The third kappa shape index (κ3) is 4.87. The lowest BCUT2D eigenvalue weighted by Gasteiger charge is -2.21. The van der Waals surface area contributed by atoms with Gasteiger partial charge in [-0.1, -0.05) is 15.9 Å². The highest BCUT2D eigenvalue weighted by molar-refractivity contribution is 9.10. The number of alkyl halides is 1. The van der Waals surface area contributed by atoms with E-state index in [4.69, 9.17) is 21.7 Å². The van der Waals surface area contributed by atoms with Crippen molar-refractivity contribution in [3.8, 4) is 6.07 Å². The van der Waals surface area contributed by atoms with Gasteiger partial charge in [0.2, 0.25) is 0 Å². The molecule has 3 nitrogen and oxygen atoms in total. The van der Waals surface area contributed by atoms with Gasteiger partial charge in [-0.2, -0.15) is 5.26 Å². The Hall–Kier alpha value is -0.760. The van der Waals surface area contributed by atoms with Crippen LogP contribution in [-0.4, -0.2) is 18.4 Å². The summed E-state index contributed by atoms with van der Waals surface area (Å²) in [6.45, 7) is 6.24. The van der Waals surface area contributed by atoms with Crippen LogP contribution < -0.4 is 0 Å². The second kappa shape index (κ2) is 10.1. The summed E-state index contributed by atoms with van der Waals surface area (Å²) in [7, 11) is 0.